The highest BCUT2D eigenvalue weighted by atomic mass is 15.1. The third-order valence-corrected chi connectivity index (χ3v) is 13.1. The van der Waals surface area contributed by atoms with Crippen LogP contribution in [0.4, 0.5) is 17.1 Å². The van der Waals surface area contributed by atoms with Gasteiger partial charge in [0.15, 0.2) is 0 Å². The fourth-order valence-corrected chi connectivity index (χ4v) is 10.7. The summed E-state index contributed by atoms with van der Waals surface area (Å²) >= 11 is 0. The second kappa shape index (κ2) is 13.0. The Kier molecular flexibility index (Phi) is 6.44. The SMILES string of the molecule is [2H]c1c([2H])c([2H])c2c(c1[2H])-c1c(N(c3ccc(-c4ccccc4)cc3)c3ccc4c5ccccc5n(-c5ccccc5)c4c3)cccc1C21c2ccccc2-c2cccc3cccc1c23. The van der Waals surface area contributed by atoms with Gasteiger partial charge in [0.25, 0.3) is 0 Å². The molecule has 0 saturated heterocycles. The zero-order valence-corrected chi connectivity index (χ0v) is 33.0. The van der Waals surface area contributed by atoms with E-state index in [1.165, 1.54) is 0 Å². The molecule has 1 heterocycles. The number of hydrogen-bond acceptors (Lipinski definition) is 1. The maximum absolute atomic E-state index is 9.92. The number of benzene rings is 10. The molecular formula is C59H38N2. The molecular weight excluding hydrogens is 737 g/mol. The quantitative estimate of drug-likeness (QED) is 0.169. The van der Waals surface area contributed by atoms with Gasteiger partial charge in [0, 0.05) is 33.4 Å². The molecule has 0 radical (unpaired) electrons. The lowest BCUT2D eigenvalue weighted by Gasteiger charge is -2.40. The smallest absolute Gasteiger partial charge is 0.0726 e. The van der Waals surface area contributed by atoms with E-state index in [1.807, 2.05) is 12.1 Å². The summed E-state index contributed by atoms with van der Waals surface area (Å²) in [5, 5.41) is 4.48. The van der Waals surface area contributed by atoms with Crippen molar-refractivity contribution in [1.82, 2.24) is 4.57 Å². The van der Waals surface area contributed by atoms with Crippen LogP contribution in [0, 0.1) is 0 Å². The first-order valence-electron chi connectivity index (χ1n) is 22.9. The molecule has 13 rings (SSSR count). The van der Waals surface area contributed by atoms with E-state index in [0.717, 1.165) is 99.8 Å². The van der Waals surface area contributed by atoms with E-state index in [9.17, 15) is 5.48 Å². The van der Waals surface area contributed by atoms with Gasteiger partial charge >= 0.3 is 0 Å². The fourth-order valence-electron chi connectivity index (χ4n) is 10.7. The highest BCUT2D eigenvalue weighted by Gasteiger charge is 2.51. The van der Waals surface area contributed by atoms with Crippen molar-refractivity contribution in [2.24, 2.45) is 0 Å². The first kappa shape index (κ1) is 30.2. The van der Waals surface area contributed by atoms with Gasteiger partial charge in [-0.15, -0.1) is 0 Å². The highest BCUT2D eigenvalue weighted by molar-refractivity contribution is 6.12. The average Bonchev–Trinajstić information content (AvgIpc) is 3.86. The van der Waals surface area contributed by atoms with Gasteiger partial charge in [0.1, 0.15) is 0 Å². The molecule has 0 fully saturated rings. The minimum absolute atomic E-state index is 0.0260. The lowest BCUT2D eigenvalue weighted by atomic mass is 9.61. The van der Waals surface area contributed by atoms with E-state index >= 15 is 0 Å². The Bertz CT molecular complexity index is 3760. The Morgan fingerprint density at radius 1 is 0.426 bits per heavy atom. The van der Waals surface area contributed by atoms with Crippen molar-refractivity contribution in [2.75, 3.05) is 4.90 Å². The molecule has 0 bridgehead atoms. The van der Waals surface area contributed by atoms with Crippen LogP contribution >= 0.6 is 0 Å². The Balaban J connectivity index is 1.16. The monoisotopic (exact) mass is 778 g/mol. The van der Waals surface area contributed by atoms with Gasteiger partial charge in [-0.3, -0.25) is 0 Å². The topological polar surface area (TPSA) is 8.17 Å². The molecule has 1 spiro atoms. The lowest BCUT2D eigenvalue weighted by molar-refractivity contribution is 0.773. The van der Waals surface area contributed by atoms with E-state index in [0.29, 0.717) is 11.1 Å². The normalized spacial score (nSPS) is 15.5. The molecule has 284 valence electrons. The number of fused-ring (bicyclic) bond motifs is 12. The molecule has 0 saturated carbocycles. The lowest BCUT2D eigenvalue weighted by Crippen LogP contribution is -2.31. The molecule has 1 unspecified atom stereocenters. The van der Waals surface area contributed by atoms with Crippen LogP contribution in [0.3, 0.4) is 0 Å². The van der Waals surface area contributed by atoms with Crippen molar-refractivity contribution >= 4 is 49.6 Å². The van der Waals surface area contributed by atoms with E-state index in [2.05, 4.69) is 204 Å². The third kappa shape index (κ3) is 4.73. The summed E-state index contributed by atoms with van der Waals surface area (Å²) in [6.07, 6.45) is 0. The maximum atomic E-state index is 9.92. The average molecular weight is 779 g/mol. The second-order valence-electron chi connectivity index (χ2n) is 16.1. The zero-order valence-electron chi connectivity index (χ0n) is 37.0. The van der Waals surface area contributed by atoms with Crippen molar-refractivity contribution in [2.45, 2.75) is 5.41 Å². The first-order valence-corrected chi connectivity index (χ1v) is 20.9. The maximum Gasteiger partial charge on any atom is 0.0726 e. The van der Waals surface area contributed by atoms with E-state index in [-0.39, 0.29) is 24.2 Å². The molecule has 1 atom stereocenters. The largest absolute Gasteiger partial charge is 0.310 e. The minimum Gasteiger partial charge on any atom is -0.310 e. The molecule has 61 heavy (non-hydrogen) atoms. The van der Waals surface area contributed by atoms with Crippen molar-refractivity contribution in [1.29, 1.82) is 0 Å². The summed E-state index contributed by atoms with van der Waals surface area (Å²) in [5.74, 6) is 0. The number of anilines is 3. The Morgan fingerprint density at radius 3 is 1.93 bits per heavy atom. The summed E-state index contributed by atoms with van der Waals surface area (Å²) in [4.78, 5) is 2.29. The van der Waals surface area contributed by atoms with Crippen LogP contribution in [0.25, 0.3) is 71.6 Å². The third-order valence-electron chi connectivity index (χ3n) is 13.1. The molecule has 2 aliphatic carbocycles. The van der Waals surface area contributed by atoms with Crippen molar-refractivity contribution in [3.05, 3.63) is 253 Å². The second-order valence-corrected chi connectivity index (χ2v) is 16.1. The Hall–Kier alpha value is -7.94. The summed E-state index contributed by atoms with van der Waals surface area (Å²) < 4.78 is 40.6. The molecule has 10 aromatic carbocycles. The first-order chi connectivity index (χ1) is 31.9. The van der Waals surface area contributed by atoms with E-state index in [1.54, 1.807) is 0 Å². The number of hydrogen-bond donors (Lipinski definition) is 0. The van der Waals surface area contributed by atoms with Crippen LogP contribution in [0.2, 0.25) is 0 Å². The summed E-state index contributed by atoms with van der Waals surface area (Å²) in [7, 11) is 0. The standard InChI is InChI=1S/C59H38N2/c1-3-16-39(17-4-1)40-32-34-43(35-33-40)60(44-36-37-47-46-23-9-12-30-54(46)61(56(47)38-44)42-20-5-2-6-21-42)55-31-15-29-53-58(55)49-24-8-11-27-51(49)59(53)50-26-10-7-22-45(50)48-25-13-18-41-19-14-28-52(59)57(41)48/h1-38H/i8D,11D,24D,27D. The molecule has 0 N–H and O–H groups in total. The number of nitrogens with zero attached hydrogens (tertiary/aromatic N) is 2. The molecule has 2 heteroatoms. The van der Waals surface area contributed by atoms with Crippen molar-refractivity contribution in [3.63, 3.8) is 0 Å². The molecule has 0 amide bonds. The van der Waals surface area contributed by atoms with Crippen LogP contribution in [-0.2, 0) is 5.41 Å². The van der Waals surface area contributed by atoms with Gasteiger partial charge in [-0.25, -0.2) is 0 Å². The number of para-hydroxylation sites is 2. The van der Waals surface area contributed by atoms with Gasteiger partial charge in [-0.2, -0.15) is 0 Å². The van der Waals surface area contributed by atoms with Crippen LogP contribution in [0.1, 0.15) is 27.7 Å². The fraction of sp³-hybridized carbons (Fsp3) is 0.0169. The molecule has 11 aromatic rings. The summed E-state index contributed by atoms with van der Waals surface area (Å²) in [6.45, 7) is 0. The molecule has 1 aromatic heterocycles. The van der Waals surface area contributed by atoms with Crippen molar-refractivity contribution < 1.29 is 5.48 Å². The summed E-state index contributed by atoms with van der Waals surface area (Å²) in [6, 6.07) is 71.8. The summed E-state index contributed by atoms with van der Waals surface area (Å²) in [5.41, 5.74) is 14.1. The predicted molar refractivity (Wildman–Crippen MR) is 255 cm³/mol. The highest BCUT2D eigenvalue weighted by Crippen LogP contribution is 2.64. The number of rotatable bonds is 5. The van der Waals surface area contributed by atoms with Gasteiger partial charge in [0.2, 0.25) is 0 Å². The minimum atomic E-state index is -1.06. The van der Waals surface area contributed by atoms with Crippen LogP contribution in [-0.4, -0.2) is 4.57 Å². The number of aromatic nitrogens is 1. The van der Waals surface area contributed by atoms with Crippen LogP contribution < -0.4 is 4.90 Å². The van der Waals surface area contributed by atoms with Gasteiger partial charge in [-0.1, -0.05) is 182 Å². The molecule has 2 nitrogen and oxygen atoms in total. The Labute approximate surface area is 360 Å². The molecule has 2 aliphatic rings. The molecule has 0 aliphatic heterocycles. The predicted octanol–water partition coefficient (Wildman–Crippen LogP) is 15.4. The zero-order chi connectivity index (χ0) is 43.6. The van der Waals surface area contributed by atoms with Gasteiger partial charge in [-0.05, 0) is 109 Å². The van der Waals surface area contributed by atoms with E-state index in [4.69, 9.17) is 0 Å². The van der Waals surface area contributed by atoms with Crippen LogP contribution in [0.5, 0.6) is 0 Å². The van der Waals surface area contributed by atoms with Crippen LogP contribution in [0.15, 0.2) is 230 Å². The Morgan fingerprint density at radius 2 is 1.07 bits per heavy atom. The van der Waals surface area contributed by atoms with Gasteiger partial charge < -0.3 is 9.47 Å². The van der Waals surface area contributed by atoms with E-state index < -0.39 is 5.41 Å². The van der Waals surface area contributed by atoms with Crippen molar-refractivity contribution in [3.8, 4) is 39.1 Å². The van der Waals surface area contributed by atoms with Gasteiger partial charge in [0.05, 0.1) is 27.6 Å².